The molecule has 1 N–H and O–H groups in total. The number of hydrogen-bond donors (Lipinski definition) is 1. The predicted octanol–water partition coefficient (Wildman–Crippen LogP) is 3.31. The highest BCUT2D eigenvalue weighted by Gasteiger charge is 2.38. The fourth-order valence-electron chi connectivity index (χ4n) is 3.06. The lowest BCUT2D eigenvalue weighted by Gasteiger charge is -2.15. The van der Waals surface area contributed by atoms with Crippen molar-refractivity contribution in [2.75, 3.05) is 32.2 Å². The van der Waals surface area contributed by atoms with E-state index in [0.29, 0.717) is 43.1 Å². The summed E-state index contributed by atoms with van der Waals surface area (Å²) >= 11 is 0. The molecule has 1 heterocycles. The van der Waals surface area contributed by atoms with Crippen LogP contribution in [-0.2, 0) is 14.3 Å². The lowest BCUT2D eigenvalue weighted by Crippen LogP contribution is -2.34. The van der Waals surface area contributed by atoms with Crippen LogP contribution in [0.2, 0.25) is 0 Å². The third-order valence-corrected chi connectivity index (χ3v) is 4.46. The number of carbonyl (C=O) groups excluding carboxylic acids is 2. The maximum absolute atomic E-state index is 13.1. The largest absolute Gasteiger partial charge is 0.497 e. The molecule has 1 aliphatic heterocycles. The number of ether oxygens (including phenoxy) is 2. The Hall–Kier alpha value is -3.12. The molecule has 2 aromatic carbocycles. The number of benzene rings is 2. The van der Waals surface area contributed by atoms with Crippen LogP contribution in [0.15, 0.2) is 60.3 Å². The molecule has 0 saturated carbocycles. The molecule has 2 amide bonds. The van der Waals surface area contributed by atoms with Gasteiger partial charge in [0, 0.05) is 25.4 Å². The molecule has 0 unspecified atom stereocenters. The first-order valence-electron chi connectivity index (χ1n) is 9.30. The second kappa shape index (κ2) is 9.19. The van der Waals surface area contributed by atoms with E-state index in [-0.39, 0.29) is 17.5 Å². The molecule has 6 heteroatoms. The summed E-state index contributed by atoms with van der Waals surface area (Å²) in [7, 11) is 1.58. The first kappa shape index (κ1) is 19.6. The van der Waals surface area contributed by atoms with E-state index in [1.807, 2.05) is 37.3 Å². The molecule has 6 nitrogen and oxygen atoms in total. The molecule has 0 atom stereocenters. The monoisotopic (exact) mass is 380 g/mol. The van der Waals surface area contributed by atoms with E-state index in [2.05, 4.69) is 5.32 Å². The van der Waals surface area contributed by atoms with Crippen molar-refractivity contribution in [1.29, 1.82) is 0 Å². The third-order valence-electron chi connectivity index (χ3n) is 4.46. The normalized spacial score (nSPS) is 14.0. The second-order valence-corrected chi connectivity index (χ2v) is 6.28. The van der Waals surface area contributed by atoms with Crippen LogP contribution in [0.3, 0.4) is 0 Å². The number of anilines is 1. The summed E-state index contributed by atoms with van der Waals surface area (Å²) < 4.78 is 10.5. The smallest absolute Gasteiger partial charge is 0.278 e. The first-order chi connectivity index (χ1) is 13.7. The van der Waals surface area contributed by atoms with E-state index in [0.717, 1.165) is 5.69 Å². The summed E-state index contributed by atoms with van der Waals surface area (Å²) in [5.74, 6) is 0.0635. The summed E-state index contributed by atoms with van der Waals surface area (Å²) in [6.45, 7) is 3.35. The molecule has 0 saturated heterocycles. The van der Waals surface area contributed by atoms with Gasteiger partial charge in [-0.1, -0.05) is 30.3 Å². The number of methoxy groups -OCH3 is 1. The van der Waals surface area contributed by atoms with E-state index in [1.54, 1.807) is 31.4 Å². The van der Waals surface area contributed by atoms with E-state index < -0.39 is 0 Å². The molecule has 0 aromatic heterocycles. The summed E-state index contributed by atoms with van der Waals surface area (Å²) in [5, 5.41) is 3.13. The highest BCUT2D eigenvalue weighted by molar-refractivity contribution is 6.36. The lowest BCUT2D eigenvalue weighted by atomic mass is 10.0. The molecule has 146 valence electrons. The van der Waals surface area contributed by atoms with Crippen LogP contribution in [0.1, 0.15) is 18.9 Å². The van der Waals surface area contributed by atoms with E-state index in [9.17, 15) is 9.59 Å². The van der Waals surface area contributed by atoms with Gasteiger partial charge in [-0.05, 0) is 43.2 Å². The van der Waals surface area contributed by atoms with Crippen molar-refractivity contribution >= 4 is 23.1 Å². The Bertz CT molecular complexity index is 860. The fraction of sp³-hybridized carbons (Fsp3) is 0.273. The Balaban J connectivity index is 1.92. The van der Waals surface area contributed by atoms with Crippen LogP contribution in [0.4, 0.5) is 5.69 Å². The molecule has 0 fully saturated rings. The fourth-order valence-corrected chi connectivity index (χ4v) is 3.06. The van der Waals surface area contributed by atoms with Gasteiger partial charge in [-0.25, -0.2) is 0 Å². The van der Waals surface area contributed by atoms with Gasteiger partial charge in [-0.3, -0.25) is 14.5 Å². The van der Waals surface area contributed by atoms with Gasteiger partial charge in [0.2, 0.25) is 0 Å². The first-order valence-corrected chi connectivity index (χ1v) is 9.30. The maximum Gasteiger partial charge on any atom is 0.278 e. The Kier molecular flexibility index (Phi) is 6.45. The van der Waals surface area contributed by atoms with Crippen LogP contribution in [0.25, 0.3) is 5.57 Å². The molecule has 2 aromatic rings. The lowest BCUT2D eigenvalue weighted by molar-refractivity contribution is -0.137. The Labute approximate surface area is 164 Å². The predicted molar refractivity (Wildman–Crippen MR) is 108 cm³/mol. The number of para-hydroxylation sites is 1. The SMILES string of the molecule is CCOCCCN1C(=O)C(Nc2ccccc2)=C(c2ccc(OC)cc2)C1=O. The van der Waals surface area contributed by atoms with E-state index in [1.165, 1.54) is 4.90 Å². The molecule has 0 radical (unpaired) electrons. The average molecular weight is 380 g/mol. The van der Waals surface area contributed by atoms with E-state index in [4.69, 9.17) is 9.47 Å². The highest BCUT2D eigenvalue weighted by atomic mass is 16.5. The van der Waals surface area contributed by atoms with Crippen LogP contribution in [0, 0.1) is 0 Å². The zero-order valence-corrected chi connectivity index (χ0v) is 16.1. The van der Waals surface area contributed by atoms with Crippen molar-refractivity contribution in [2.45, 2.75) is 13.3 Å². The number of nitrogens with zero attached hydrogens (tertiary/aromatic N) is 1. The van der Waals surface area contributed by atoms with Gasteiger partial charge in [0.1, 0.15) is 11.4 Å². The number of amides is 2. The molecular formula is C22H24N2O4. The van der Waals surface area contributed by atoms with Crippen molar-refractivity contribution in [2.24, 2.45) is 0 Å². The van der Waals surface area contributed by atoms with Crippen LogP contribution >= 0.6 is 0 Å². The number of nitrogens with one attached hydrogen (secondary N) is 1. The number of hydrogen-bond acceptors (Lipinski definition) is 5. The highest BCUT2D eigenvalue weighted by Crippen LogP contribution is 2.31. The second-order valence-electron chi connectivity index (χ2n) is 6.28. The van der Waals surface area contributed by atoms with Gasteiger partial charge in [-0.2, -0.15) is 0 Å². The number of imide groups is 1. The summed E-state index contributed by atoms with van der Waals surface area (Å²) in [6.07, 6.45) is 0.597. The molecule has 0 bridgehead atoms. The van der Waals surface area contributed by atoms with Crippen molar-refractivity contribution in [3.63, 3.8) is 0 Å². The topological polar surface area (TPSA) is 67.9 Å². The van der Waals surface area contributed by atoms with Crippen LogP contribution in [0.5, 0.6) is 5.75 Å². The number of carbonyl (C=O) groups is 2. The van der Waals surface area contributed by atoms with E-state index >= 15 is 0 Å². The van der Waals surface area contributed by atoms with Crippen LogP contribution in [-0.4, -0.2) is 43.6 Å². The van der Waals surface area contributed by atoms with Gasteiger partial charge < -0.3 is 14.8 Å². The van der Waals surface area contributed by atoms with Crippen molar-refractivity contribution in [3.8, 4) is 5.75 Å². The summed E-state index contributed by atoms with van der Waals surface area (Å²) in [6, 6.07) is 16.5. The van der Waals surface area contributed by atoms with Crippen molar-refractivity contribution in [3.05, 3.63) is 65.9 Å². The summed E-state index contributed by atoms with van der Waals surface area (Å²) in [5.41, 5.74) is 2.08. The Morgan fingerprint density at radius 2 is 1.68 bits per heavy atom. The molecule has 1 aliphatic rings. The third kappa shape index (κ3) is 4.23. The minimum Gasteiger partial charge on any atom is -0.497 e. The van der Waals surface area contributed by atoms with Gasteiger partial charge in [0.25, 0.3) is 11.8 Å². The minimum atomic E-state index is -0.323. The molecular weight excluding hydrogens is 356 g/mol. The van der Waals surface area contributed by atoms with Gasteiger partial charge in [-0.15, -0.1) is 0 Å². The quantitative estimate of drug-likeness (QED) is 0.534. The maximum atomic E-state index is 13.1. The van der Waals surface area contributed by atoms with Crippen molar-refractivity contribution < 1.29 is 19.1 Å². The zero-order valence-electron chi connectivity index (χ0n) is 16.1. The standard InChI is InChI=1S/C22H24N2O4/c1-3-28-15-7-14-24-21(25)19(16-10-12-18(27-2)13-11-16)20(22(24)26)23-17-8-5-4-6-9-17/h4-6,8-13,23H,3,7,14-15H2,1-2H3. The zero-order chi connectivity index (χ0) is 19.9. The minimum absolute atomic E-state index is 0.290. The van der Waals surface area contributed by atoms with Crippen LogP contribution < -0.4 is 10.1 Å². The Morgan fingerprint density at radius 3 is 2.32 bits per heavy atom. The van der Waals surface area contributed by atoms with Gasteiger partial charge in [0.15, 0.2) is 0 Å². The Morgan fingerprint density at radius 1 is 0.964 bits per heavy atom. The summed E-state index contributed by atoms with van der Waals surface area (Å²) in [4.78, 5) is 27.4. The average Bonchev–Trinajstić information content (AvgIpc) is 2.96. The molecule has 3 rings (SSSR count). The van der Waals surface area contributed by atoms with Gasteiger partial charge >= 0.3 is 0 Å². The number of rotatable bonds is 9. The molecule has 28 heavy (non-hydrogen) atoms. The van der Waals surface area contributed by atoms with Crippen molar-refractivity contribution in [1.82, 2.24) is 4.90 Å². The molecule has 0 spiro atoms. The van der Waals surface area contributed by atoms with Gasteiger partial charge in [0.05, 0.1) is 12.7 Å². The molecule has 0 aliphatic carbocycles.